The molecule has 1 aliphatic rings. The average Bonchev–Trinajstić information content (AvgIpc) is 3.44. The predicted molar refractivity (Wildman–Crippen MR) is 228 cm³/mol. The predicted octanol–water partition coefficient (Wildman–Crippen LogP) is 14.8. The Morgan fingerprint density at radius 1 is 0.264 bits per heavy atom. The molecule has 0 fully saturated rings. The fraction of sp³-hybridized carbons (Fsp3) is 0.0566. The van der Waals surface area contributed by atoms with Gasteiger partial charge in [0.2, 0.25) is 0 Å². The molecule has 0 nitrogen and oxygen atoms in total. The molecule has 0 bridgehead atoms. The molecule has 0 spiro atoms. The van der Waals surface area contributed by atoms with Crippen molar-refractivity contribution in [3.05, 3.63) is 193 Å². The van der Waals surface area contributed by atoms with Gasteiger partial charge in [-0.2, -0.15) is 0 Å². The monoisotopic (exact) mass is 672 g/mol. The molecule has 0 heterocycles. The maximum absolute atomic E-state index is 2.49. The van der Waals surface area contributed by atoms with E-state index in [9.17, 15) is 0 Å². The lowest BCUT2D eigenvalue weighted by molar-refractivity contribution is 0.661. The Hall–Kier alpha value is -6.50. The molecule has 0 heteroatoms. The minimum Gasteiger partial charge on any atom is -0.0622 e. The smallest absolute Gasteiger partial charge is 0.0159 e. The van der Waals surface area contributed by atoms with E-state index in [1.165, 1.54) is 109 Å². The molecule has 0 radical (unpaired) electrons. The third-order valence-corrected chi connectivity index (χ3v) is 12.0. The van der Waals surface area contributed by atoms with Crippen LogP contribution in [-0.2, 0) is 5.41 Å². The van der Waals surface area contributed by atoms with Crippen LogP contribution in [0.3, 0.4) is 0 Å². The highest BCUT2D eigenvalue weighted by Gasteiger charge is 2.36. The van der Waals surface area contributed by atoms with Crippen molar-refractivity contribution in [1.82, 2.24) is 0 Å². The highest BCUT2D eigenvalue weighted by molar-refractivity contribution is 6.26. The van der Waals surface area contributed by atoms with Crippen molar-refractivity contribution in [2.45, 2.75) is 19.3 Å². The van der Waals surface area contributed by atoms with Gasteiger partial charge >= 0.3 is 0 Å². The van der Waals surface area contributed by atoms with Gasteiger partial charge in [0.05, 0.1) is 0 Å². The molecule has 11 rings (SSSR count). The van der Waals surface area contributed by atoms with E-state index in [2.05, 4.69) is 196 Å². The van der Waals surface area contributed by atoms with Gasteiger partial charge in [-0.05, 0) is 146 Å². The van der Waals surface area contributed by atoms with Crippen molar-refractivity contribution in [3.8, 4) is 44.5 Å². The van der Waals surface area contributed by atoms with Crippen molar-refractivity contribution in [2.75, 3.05) is 0 Å². The van der Waals surface area contributed by atoms with Crippen molar-refractivity contribution in [3.63, 3.8) is 0 Å². The Labute approximate surface area is 309 Å². The van der Waals surface area contributed by atoms with Crippen LogP contribution in [0.4, 0.5) is 0 Å². The van der Waals surface area contributed by atoms with E-state index in [0.717, 1.165) is 0 Å². The van der Waals surface area contributed by atoms with E-state index < -0.39 is 0 Å². The number of fused-ring (bicyclic) bond motifs is 12. The molecule has 0 aliphatic heterocycles. The zero-order valence-electron chi connectivity index (χ0n) is 29.8. The zero-order chi connectivity index (χ0) is 35.3. The Kier molecular flexibility index (Phi) is 6.40. The molecule has 10 aromatic carbocycles. The summed E-state index contributed by atoms with van der Waals surface area (Å²) in [6.07, 6.45) is 0. The van der Waals surface area contributed by atoms with Gasteiger partial charge in [-0.1, -0.05) is 159 Å². The average molecular weight is 673 g/mol. The molecule has 0 N–H and O–H groups in total. The first-order valence-electron chi connectivity index (χ1n) is 18.7. The quantitative estimate of drug-likeness (QED) is 0.164. The van der Waals surface area contributed by atoms with Crippen LogP contribution in [0.2, 0.25) is 0 Å². The molecule has 0 unspecified atom stereocenters. The third-order valence-electron chi connectivity index (χ3n) is 12.0. The van der Waals surface area contributed by atoms with Crippen LogP contribution >= 0.6 is 0 Å². The molecule has 53 heavy (non-hydrogen) atoms. The summed E-state index contributed by atoms with van der Waals surface area (Å²) in [5, 5.41) is 13.1. The minimum atomic E-state index is -0.0929. The van der Waals surface area contributed by atoms with Gasteiger partial charge in [0, 0.05) is 5.41 Å². The Balaban J connectivity index is 1.00. The lowest BCUT2D eigenvalue weighted by Crippen LogP contribution is -2.14. The van der Waals surface area contributed by atoms with Gasteiger partial charge in [-0.25, -0.2) is 0 Å². The van der Waals surface area contributed by atoms with E-state index in [1.807, 2.05) is 0 Å². The van der Waals surface area contributed by atoms with Crippen molar-refractivity contribution >= 4 is 53.9 Å². The second-order valence-corrected chi connectivity index (χ2v) is 15.3. The maximum atomic E-state index is 2.49. The van der Waals surface area contributed by atoms with Crippen LogP contribution in [0.25, 0.3) is 98.4 Å². The Morgan fingerprint density at radius 3 is 1.34 bits per heavy atom. The number of hydrogen-bond acceptors (Lipinski definition) is 0. The first-order valence-corrected chi connectivity index (χ1v) is 18.7. The van der Waals surface area contributed by atoms with Gasteiger partial charge in [0.15, 0.2) is 0 Å². The molecule has 0 aromatic heterocycles. The lowest BCUT2D eigenvalue weighted by Gasteiger charge is -2.22. The largest absolute Gasteiger partial charge is 0.0622 e. The summed E-state index contributed by atoms with van der Waals surface area (Å²) in [6.45, 7) is 4.77. The lowest BCUT2D eigenvalue weighted by atomic mass is 9.81. The van der Waals surface area contributed by atoms with Gasteiger partial charge in [-0.15, -0.1) is 0 Å². The second kappa shape index (κ2) is 11.2. The molecule has 0 saturated heterocycles. The first kappa shape index (κ1) is 30.2. The summed E-state index contributed by atoms with van der Waals surface area (Å²) in [6, 6.07) is 67.9. The van der Waals surface area contributed by atoms with E-state index in [0.29, 0.717) is 0 Å². The van der Waals surface area contributed by atoms with Crippen molar-refractivity contribution in [2.24, 2.45) is 0 Å². The summed E-state index contributed by atoms with van der Waals surface area (Å²) in [5.74, 6) is 0. The zero-order valence-corrected chi connectivity index (χ0v) is 29.8. The second-order valence-electron chi connectivity index (χ2n) is 15.3. The molecular formula is C53H36. The normalized spacial score (nSPS) is 13.2. The fourth-order valence-corrected chi connectivity index (χ4v) is 9.27. The molecule has 0 amide bonds. The molecule has 1 aliphatic carbocycles. The highest BCUT2D eigenvalue weighted by Crippen LogP contribution is 2.52. The first-order chi connectivity index (χ1) is 26.0. The van der Waals surface area contributed by atoms with Gasteiger partial charge in [0.25, 0.3) is 0 Å². The number of hydrogen-bond donors (Lipinski definition) is 0. The SMILES string of the molecule is CC1(C)c2ccc(-c3cccc(-c4ccc5c(ccc6cc(-c7ccccc7)ccc65)c4)c3)cc2-c2cc3c4ccccc4c4ccccc4c3cc21. The van der Waals surface area contributed by atoms with Crippen molar-refractivity contribution in [1.29, 1.82) is 0 Å². The van der Waals surface area contributed by atoms with Crippen LogP contribution in [0, 0.1) is 0 Å². The standard InChI is InChI=1S/C53H36/c1-53(2)51-26-23-38(30-49(51)50-31-47-45-17-8-6-15-43(45)44-16-7-9-18-46(44)48(47)32-52(50)53)35-14-10-13-34(27-35)37-22-25-42-40(29-37)20-19-39-28-36(21-24-41(39)42)33-11-4-3-5-12-33/h3-32H,1-2H3. The van der Waals surface area contributed by atoms with Crippen LogP contribution in [0.5, 0.6) is 0 Å². The van der Waals surface area contributed by atoms with Crippen LogP contribution in [0.15, 0.2) is 182 Å². The number of rotatable bonds is 3. The van der Waals surface area contributed by atoms with E-state index in [4.69, 9.17) is 0 Å². The summed E-state index contributed by atoms with van der Waals surface area (Å²) >= 11 is 0. The van der Waals surface area contributed by atoms with Gasteiger partial charge in [-0.3, -0.25) is 0 Å². The molecular weight excluding hydrogens is 637 g/mol. The fourth-order valence-electron chi connectivity index (χ4n) is 9.27. The van der Waals surface area contributed by atoms with Gasteiger partial charge < -0.3 is 0 Å². The Bertz CT molecular complexity index is 3120. The Morgan fingerprint density at radius 2 is 0.717 bits per heavy atom. The van der Waals surface area contributed by atoms with E-state index in [-0.39, 0.29) is 5.41 Å². The van der Waals surface area contributed by atoms with Crippen LogP contribution in [0.1, 0.15) is 25.0 Å². The number of benzene rings is 10. The molecule has 0 atom stereocenters. The van der Waals surface area contributed by atoms with Gasteiger partial charge in [0.1, 0.15) is 0 Å². The molecule has 0 saturated carbocycles. The molecule has 248 valence electrons. The topological polar surface area (TPSA) is 0 Å². The van der Waals surface area contributed by atoms with E-state index >= 15 is 0 Å². The summed E-state index contributed by atoms with van der Waals surface area (Å²) in [4.78, 5) is 0. The third kappa shape index (κ3) is 4.55. The van der Waals surface area contributed by atoms with Crippen LogP contribution in [-0.4, -0.2) is 0 Å². The molecule has 10 aromatic rings. The summed E-state index contributed by atoms with van der Waals surface area (Å²) in [5.41, 5.74) is 12.9. The summed E-state index contributed by atoms with van der Waals surface area (Å²) < 4.78 is 0. The van der Waals surface area contributed by atoms with Crippen molar-refractivity contribution < 1.29 is 0 Å². The maximum Gasteiger partial charge on any atom is 0.0159 e. The minimum absolute atomic E-state index is 0.0929. The van der Waals surface area contributed by atoms with Crippen LogP contribution < -0.4 is 0 Å². The highest BCUT2D eigenvalue weighted by atomic mass is 14.4. The van der Waals surface area contributed by atoms with E-state index in [1.54, 1.807) is 0 Å². The summed E-state index contributed by atoms with van der Waals surface area (Å²) in [7, 11) is 0.